The van der Waals surface area contributed by atoms with Gasteiger partial charge in [-0.3, -0.25) is 4.79 Å². The molecule has 0 radical (unpaired) electrons. The first-order chi connectivity index (χ1) is 13.1. The number of ether oxygens (including phenoxy) is 2. The van der Waals surface area contributed by atoms with Gasteiger partial charge in [0, 0.05) is 24.5 Å². The Labute approximate surface area is 167 Å². The van der Waals surface area contributed by atoms with Gasteiger partial charge in [0.25, 0.3) is 0 Å². The maximum Gasteiger partial charge on any atom is 0.318 e. The first-order valence-electron chi connectivity index (χ1n) is 9.68. The fourth-order valence-corrected chi connectivity index (χ4v) is 3.29. The molecule has 0 aromatic heterocycles. The van der Waals surface area contributed by atoms with Crippen LogP contribution in [0.25, 0.3) is 0 Å². The summed E-state index contributed by atoms with van der Waals surface area (Å²) in [5.41, 5.74) is 1.72. The molecule has 28 heavy (non-hydrogen) atoms. The molecule has 7 nitrogen and oxygen atoms in total. The van der Waals surface area contributed by atoms with Crippen molar-refractivity contribution >= 4 is 11.9 Å². The number of amides is 3. The molecular weight excluding hydrogens is 358 g/mol. The molecule has 156 valence electrons. The molecule has 0 bridgehead atoms. The zero-order valence-electron chi connectivity index (χ0n) is 18.0. The maximum atomic E-state index is 12.9. The van der Waals surface area contributed by atoms with Gasteiger partial charge in [-0.2, -0.15) is 0 Å². The predicted molar refractivity (Wildman–Crippen MR) is 109 cm³/mol. The van der Waals surface area contributed by atoms with Crippen LogP contribution < -0.4 is 20.1 Å². The first-order valence-corrected chi connectivity index (χ1v) is 9.68. The van der Waals surface area contributed by atoms with Crippen LogP contribution >= 0.6 is 0 Å². The van der Waals surface area contributed by atoms with Crippen molar-refractivity contribution < 1.29 is 19.1 Å². The van der Waals surface area contributed by atoms with Gasteiger partial charge in [-0.25, -0.2) is 4.79 Å². The fourth-order valence-electron chi connectivity index (χ4n) is 3.29. The number of hydrogen-bond donors (Lipinski definition) is 2. The third kappa shape index (κ3) is 5.09. The normalized spacial score (nSPS) is 16.4. The highest BCUT2D eigenvalue weighted by Crippen LogP contribution is 2.38. The minimum absolute atomic E-state index is 0.0382. The number of carbonyl (C=O) groups is 2. The van der Waals surface area contributed by atoms with E-state index in [0.29, 0.717) is 31.0 Å². The van der Waals surface area contributed by atoms with E-state index >= 15 is 0 Å². The largest absolute Gasteiger partial charge is 0.493 e. The average molecular weight is 392 g/mol. The van der Waals surface area contributed by atoms with Crippen LogP contribution in [0.15, 0.2) is 12.1 Å². The highest BCUT2D eigenvalue weighted by Gasteiger charge is 2.33. The Bertz CT molecular complexity index is 725. The van der Waals surface area contributed by atoms with Crippen molar-refractivity contribution in [3.05, 3.63) is 23.3 Å². The summed E-state index contributed by atoms with van der Waals surface area (Å²) >= 11 is 0. The van der Waals surface area contributed by atoms with Gasteiger partial charge in [0.05, 0.1) is 20.3 Å². The highest BCUT2D eigenvalue weighted by atomic mass is 16.5. The van der Waals surface area contributed by atoms with Crippen molar-refractivity contribution in [3.8, 4) is 11.5 Å². The molecule has 1 atom stereocenters. The molecule has 2 N–H and O–H groups in total. The number of benzene rings is 1. The Kier molecular flexibility index (Phi) is 6.80. The van der Waals surface area contributed by atoms with Crippen molar-refractivity contribution in [2.24, 2.45) is 5.92 Å². The van der Waals surface area contributed by atoms with Gasteiger partial charge in [0.15, 0.2) is 11.5 Å². The zero-order valence-corrected chi connectivity index (χ0v) is 18.0. The number of hydrogen-bond acceptors (Lipinski definition) is 4. The molecule has 1 aliphatic rings. The van der Waals surface area contributed by atoms with E-state index in [9.17, 15) is 9.59 Å². The molecule has 1 heterocycles. The Morgan fingerprint density at radius 2 is 1.79 bits per heavy atom. The minimum Gasteiger partial charge on any atom is -0.493 e. The lowest BCUT2D eigenvalue weighted by Crippen LogP contribution is -2.53. The second-order valence-corrected chi connectivity index (χ2v) is 8.45. The summed E-state index contributed by atoms with van der Waals surface area (Å²) in [6.07, 6.45) is 0.710. The smallest absolute Gasteiger partial charge is 0.318 e. The van der Waals surface area contributed by atoms with E-state index in [0.717, 1.165) is 11.1 Å². The molecule has 7 heteroatoms. The summed E-state index contributed by atoms with van der Waals surface area (Å²) in [6, 6.07) is 3.45. The summed E-state index contributed by atoms with van der Waals surface area (Å²) in [6.45, 7) is 10.5. The molecule has 0 unspecified atom stereocenters. The Morgan fingerprint density at radius 1 is 1.18 bits per heavy atom. The lowest BCUT2D eigenvalue weighted by atomic mass is 9.91. The van der Waals surface area contributed by atoms with Crippen LogP contribution in [0.1, 0.15) is 51.8 Å². The van der Waals surface area contributed by atoms with E-state index in [4.69, 9.17) is 9.47 Å². The van der Waals surface area contributed by atoms with E-state index in [2.05, 4.69) is 10.6 Å². The van der Waals surface area contributed by atoms with E-state index < -0.39 is 0 Å². The number of nitrogens with zero attached hydrogens (tertiary/aromatic N) is 1. The number of nitrogens with one attached hydrogen (secondary N) is 2. The van der Waals surface area contributed by atoms with Gasteiger partial charge in [-0.15, -0.1) is 0 Å². The van der Waals surface area contributed by atoms with E-state index in [1.165, 1.54) is 0 Å². The van der Waals surface area contributed by atoms with Crippen LogP contribution in [0.2, 0.25) is 0 Å². The maximum absolute atomic E-state index is 12.9. The molecule has 1 aromatic rings. The summed E-state index contributed by atoms with van der Waals surface area (Å²) in [4.78, 5) is 26.9. The summed E-state index contributed by atoms with van der Waals surface area (Å²) in [5.74, 6) is 1.12. The molecule has 0 saturated carbocycles. The molecule has 2 rings (SSSR count). The summed E-state index contributed by atoms with van der Waals surface area (Å²) < 4.78 is 10.9. The van der Waals surface area contributed by atoms with E-state index in [1.807, 2.05) is 46.8 Å². The van der Waals surface area contributed by atoms with Crippen molar-refractivity contribution in [3.63, 3.8) is 0 Å². The lowest BCUT2D eigenvalue weighted by molar-refractivity contribution is -0.124. The molecule has 1 aromatic carbocycles. The number of rotatable bonds is 5. The number of urea groups is 1. The van der Waals surface area contributed by atoms with E-state index in [1.54, 1.807) is 19.1 Å². The van der Waals surface area contributed by atoms with Gasteiger partial charge >= 0.3 is 6.03 Å². The predicted octanol–water partition coefficient (Wildman–Crippen LogP) is 2.88. The van der Waals surface area contributed by atoms with E-state index in [-0.39, 0.29) is 29.4 Å². The first kappa shape index (κ1) is 21.9. The van der Waals surface area contributed by atoms with Crippen LogP contribution in [0.5, 0.6) is 11.5 Å². The van der Waals surface area contributed by atoms with Crippen LogP contribution in [0, 0.1) is 5.92 Å². The minimum atomic E-state index is -0.347. The Hall–Kier alpha value is -2.44. The van der Waals surface area contributed by atoms with Crippen molar-refractivity contribution in [1.29, 1.82) is 0 Å². The molecular formula is C21H33N3O4. The Morgan fingerprint density at radius 3 is 2.32 bits per heavy atom. The quantitative estimate of drug-likeness (QED) is 0.809. The molecule has 0 spiro atoms. The SMILES string of the molecule is COc1cc2c(cc1OC)[C@H](CNC(=O)C(C)C)N(C(=O)NC(C)(C)C)CC2. The van der Waals surface area contributed by atoms with Gasteiger partial charge < -0.3 is 25.0 Å². The number of carbonyl (C=O) groups excluding carboxylic acids is 2. The number of methoxy groups -OCH3 is 2. The van der Waals surface area contributed by atoms with Crippen LogP contribution in [-0.4, -0.2) is 49.7 Å². The monoisotopic (exact) mass is 391 g/mol. The van der Waals surface area contributed by atoms with Gasteiger partial charge in [-0.1, -0.05) is 13.8 Å². The third-order valence-electron chi connectivity index (χ3n) is 4.74. The van der Waals surface area contributed by atoms with Gasteiger partial charge in [0.1, 0.15) is 0 Å². The lowest BCUT2D eigenvalue weighted by Gasteiger charge is -2.39. The third-order valence-corrected chi connectivity index (χ3v) is 4.74. The van der Waals surface area contributed by atoms with Crippen LogP contribution in [-0.2, 0) is 11.2 Å². The average Bonchev–Trinajstić information content (AvgIpc) is 2.62. The van der Waals surface area contributed by atoms with Crippen LogP contribution in [0.4, 0.5) is 4.79 Å². The fraction of sp³-hybridized carbons (Fsp3) is 0.619. The summed E-state index contributed by atoms with van der Waals surface area (Å²) in [5, 5.41) is 6.00. The zero-order chi connectivity index (χ0) is 21.1. The molecule has 1 aliphatic heterocycles. The molecule has 0 aliphatic carbocycles. The van der Waals surface area contributed by atoms with Crippen molar-refractivity contribution in [1.82, 2.24) is 15.5 Å². The highest BCUT2D eigenvalue weighted by molar-refractivity contribution is 5.79. The molecule has 0 saturated heterocycles. The van der Waals surface area contributed by atoms with Gasteiger partial charge in [0.2, 0.25) is 5.91 Å². The summed E-state index contributed by atoms with van der Waals surface area (Å²) in [7, 11) is 3.20. The standard InChI is InChI=1S/C21H33N3O4/c1-13(2)19(25)22-12-16-15-11-18(28-7)17(27-6)10-14(15)8-9-24(16)20(26)23-21(3,4)5/h10-11,13,16H,8-9,12H2,1-7H3,(H,22,25)(H,23,26)/t16-/m0/s1. The Balaban J connectivity index is 2.40. The molecule has 3 amide bonds. The second kappa shape index (κ2) is 8.71. The van der Waals surface area contributed by atoms with Crippen LogP contribution in [0.3, 0.4) is 0 Å². The molecule has 0 fully saturated rings. The van der Waals surface area contributed by atoms with Crippen molar-refractivity contribution in [2.45, 2.75) is 52.6 Å². The second-order valence-electron chi connectivity index (χ2n) is 8.45. The van der Waals surface area contributed by atoms with Crippen molar-refractivity contribution in [2.75, 3.05) is 27.3 Å². The van der Waals surface area contributed by atoms with Gasteiger partial charge in [-0.05, 0) is 50.5 Å². The topological polar surface area (TPSA) is 79.9 Å². The number of fused-ring (bicyclic) bond motifs is 1.